The van der Waals surface area contributed by atoms with Crippen LogP contribution in [0.3, 0.4) is 0 Å². The molecule has 0 heterocycles. The van der Waals surface area contributed by atoms with Crippen molar-refractivity contribution in [2.75, 3.05) is 6.16 Å². The Morgan fingerprint density at radius 2 is 0.840 bits per heavy atom. The Hall–Kier alpha value is -1.98. The van der Waals surface area contributed by atoms with Gasteiger partial charge in [-0.3, -0.25) is 0 Å². The van der Waals surface area contributed by atoms with Crippen molar-refractivity contribution in [1.82, 2.24) is 0 Å². The molecule has 0 N–H and O–H groups in total. The molecule has 0 radical (unpaired) electrons. The molecule has 0 aliphatic carbocycles. The van der Waals surface area contributed by atoms with Gasteiger partial charge in [0, 0.05) is 0 Å². The molecule has 0 atom stereocenters. The molecule has 2 heteroatoms. The summed E-state index contributed by atoms with van der Waals surface area (Å²) in [7, 11) is 0. The van der Waals surface area contributed by atoms with Crippen molar-refractivity contribution in [2.45, 2.75) is 25.4 Å². The SMILES string of the molecule is CCP(F)(Cc1ccccc1)(Cc1ccccc1)Cc1ccccc1. The molecule has 3 aromatic rings. The van der Waals surface area contributed by atoms with Gasteiger partial charge < -0.3 is 0 Å². The maximum absolute atomic E-state index is 17.1. The Kier molecular flexibility index (Phi) is 5.35. The molecule has 0 aliphatic heterocycles. The second kappa shape index (κ2) is 7.50. The van der Waals surface area contributed by atoms with Crippen LogP contribution in [0.4, 0.5) is 4.20 Å². The molecule has 0 fully saturated rings. The quantitative estimate of drug-likeness (QED) is 0.400. The van der Waals surface area contributed by atoms with Crippen molar-refractivity contribution < 1.29 is 4.20 Å². The van der Waals surface area contributed by atoms with E-state index in [2.05, 4.69) is 36.4 Å². The van der Waals surface area contributed by atoms with Gasteiger partial charge in [0.1, 0.15) is 0 Å². The Bertz CT molecular complexity index is 680. The number of hydrogen-bond donors (Lipinski definition) is 0. The van der Waals surface area contributed by atoms with Crippen LogP contribution in [0.15, 0.2) is 91.0 Å². The van der Waals surface area contributed by atoms with Gasteiger partial charge in [-0.15, -0.1) is 0 Å². The van der Waals surface area contributed by atoms with E-state index < -0.39 is 6.91 Å². The molecule has 0 spiro atoms. The van der Waals surface area contributed by atoms with Crippen LogP contribution >= 0.6 is 6.91 Å². The summed E-state index contributed by atoms with van der Waals surface area (Å²) < 4.78 is 17.1. The molecule has 3 aromatic carbocycles. The zero-order valence-electron chi connectivity index (χ0n) is 14.8. The van der Waals surface area contributed by atoms with Gasteiger partial charge in [0.05, 0.1) is 0 Å². The summed E-state index contributed by atoms with van der Waals surface area (Å²) >= 11 is 0. The second-order valence-electron chi connectivity index (χ2n) is 7.07. The van der Waals surface area contributed by atoms with E-state index in [1.807, 2.05) is 61.5 Å². The molecule has 0 saturated carbocycles. The maximum atomic E-state index is 17.1. The van der Waals surface area contributed by atoms with Crippen LogP contribution in [0.25, 0.3) is 0 Å². The third-order valence-corrected chi connectivity index (χ3v) is 10.1. The van der Waals surface area contributed by atoms with Gasteiger partial charge in [0.25, 0.3) is 0 Å². The molecular formula is C23H26FP. The molecule has 0 nitrogen and oxygen atoms in total. The van der Waals surface area contributed by atoms with Crippen LogP contribution in [-0.4, -0.2) is 6.16 Å². The van der Waals surface area contributed by atoms with Crippen LogP contribution in [-0.2, 0) is 18.5 Å². The van der Waals surface area contributed by atoms with Crippen LogP contribution in [0, 0.1) is 0 Å². The molecule has 130 valence electrons. The third-order valence-electron chi connectivity index (χ3n) is 5.05. The van der Waals surface area contributed by atoms with E-state index in [0.29, 0.717) is 24.6 Å². The van der Waals surface area contributed by atoms with E-state index >= 15 is 4.20 Å². The zero-order chi connectivity index (χ0) is 17.6. The Balaban J connectivity index is 2.01. The summed E-state index contributed by atoms with van der Waals surface area (Å²) in [6, 6.07) is 30.4. The first-order chi connectivity index (χ1) is 12.1. The number of rotatable bonds is 7. The average Bonchev–Trinajstić information content (AvgIpc) is 2.64. The summed E-state index contributed by atoms with van der Waals surface area (Å²) in [5, 5.41) is 0. The third kappa shape index (κ3) is 4.55. The first-order valence-electron chi connectivity index (χ1n) is 8.93. The summed E-state index contributed by atoms with van der Waals surface area (Å²) in [5.74, 6) is 0. The fourth-order valence-corrected chi connectivity index (χ4v) is 8.00. The van der Waals surface area contributed by atoms with Crippen LogP contribution in [0.5, 0.6) is 0 Å². The molecule has 0 amide bonds. The molecule has 0 aliphatic rings. The van der Waals surface area contributed by atoms with Gasteiger partial charge in [-0.1, -0.05) is 0 Å². The summed E-state index contributed by atoms with van der Waals surface area (Å²) in [6.45, 7) is -1.45. The van der Waals surface area contributed by atoms with E-state index in [4.69, 9.17) is 0 Å². The summed E-state index contributed by atoms with van der Waals surface area (Å²) in [5.41, 5.74) is 3.32. The fraction of sp³-hybridized carbons (Fsp3) is 0.217. The molecule has 0 bridgehead atoms. The van der Waals surface area contributed by atoms with Gasteiger partial charge in [0.2, 0.25) is 0 Å². The second-order valence-corrected chi connectivity index (χ2v) is 12.3. The van der Waals surface area contributed by atoms with E-state index in [-0.39, 0.29) is 0 Å². The monoisotopic (exact) mass is 352 g/mol. The fourth-order valence-electron chi connectivity index (χ4n) is 3.62. The molecule has 25 heavy (non-hydrogen) atoms. The minimum atomic E-state index is -3.49. The standard InChI is InChI=1S/C23H26FP/c1-2-25(24,18-21-12-6-3-7-13-21,19-22-14-8-4-9-15-22)20-23-16-10-5-11-17-23/h3-17H,2,18-20H2,1H3. The van der Waals surface area contributed by atoms with Crippen LogP contribution in [0.1, 0.15) is 23.6 Å². The first-order valence-corrected chi connectivity index (χ1v) is 11.8. The number of halogens is 1. The van der Waals surface area contributed by atoms with Crippen molar-refractivity contribution in [3.05, 3.63) is 108 Å². The van der Waals surface area contributed by atoms with Gasteiger partial charge in [-0.2, -0.15) is 0 Å². The molecular weight excluding hydrogens is 326 g/mol. The zero-order valence-corrected chi connectivity index (χ0v) is 15.7. The van der Waals surface area contributed by atoms with Gasteiger partial charge in [0.15, 0.2) is 0 Å². The minimum absolute atomic E-state index is 0.548. The van der Waals surface area contributed by atoms with E-state index in [9.17, 15) is 0 Å². The van der Waals surface area contributed by atoms with Crippen LogP contribution < -0.4 is 0 Å². The molecule has 3 rings (SSSR count). The average molecular weight is 352 g/mol. The Morgan fingerprint density at radius 1 is 0.560 bits per heavy atom. The molecule has 0 unspecified atom stereocenters. The predicted octanol–water partition coefficient (Wildman–Crippen LogP) is 7.04. The normalized spacial score (nSPS) is 13.1. The van der Waals surface area contributed by atoms with Gasteiger partial charge in [-0.05, 0) is 0 Å². The van der Waals surface area contributed by atoms with Crippen molar-refractivity contribution in [3.8, 4) is 0 Å². The molecule has 0 aromatic heterocycles. The van der Waals surface area contributed by atoms with Crippen LogP contribution in [0.2, 0.25) is 0 Å². The summed E-state index contributed by atoms with van der Waals surface area (Å²) in [6.07, 6.45) is 2.25. The Labute approximate surface area is 150 Å². The van der Waals surface area contributed by atoms with Crippen molar-refractivity contribution in [1.29, 1.82) is 0 Å². The van der Waals surface area contributed by atoms with Crippen molar-refractivity contribution >= 4 is 6.91 Å². The summed E-state index contributed by atoms with van der Waals surface area (Å²) in [4.78, 5) is 0. The number of hydrogen-bond acceptors (Lipinski definition) is 0. The molecule has 0 saturated heterocycles. The van der Waals surface area contributed by atoms with E-state index in [1.54, 1.807) is 0 Å². The Morgan fingerprint density at radius 3 is 1.08 bits per heavy atom. The van der Waals surface area contributed by atoms with Crippen molar-refractivity contribution in [3.63, 3.8) is 0 Å². The first kappa shape index (κ1) is 17.8. The topological polar surface area (TPSA) is 0 Å². The van der Waals surface area contributed by atoms with E-state index in [1.165, 1.54) is 0 Å². The predicted molar refractivity (Wildman–Crippen MR) is 109 cm³/mol. The van der Waals surface area contributed by atoms with Gasteiger partial charge in [-0.25, -0.2) is 0 Å². The van der Waals surface area contributed by atoms with Crippen molar-refractivity contribution in [2.24, 2.45) is 0 Å². The van der Waals surface area contributed by atoms with Gasteiger partial charge >= 0.3 is 150 Å². The van der Waals surface area contributed by atoms with E-state index in [0.717, 1.165) is 16.7 Å². The number of benzene rings is 3.